The molecule has 0 aromatic carbocycles. The van der Waals surface area contributed by atoms with E-state index in [-0.39, 0.29) is 36.5 Å². The third-order valence-electron chi connectivity index (χ3n) is 9.67. The summed E-state index contributed by atoms with van der Waals surface area (Å²) < 4.78 is 24.8. The lowest BCUT2D eigenvalue weighted by atomic mass is 9.74. The number of hydrogen-bond donors (Lipinski definition) is 2. The van der Waals surface area contributed by atoms with Crippen molar-refractivity contribution in [3.63, 3.8) is 0 Å². The number of nitrogens with zero attached hydrogens (tertiary/aromatic N) is 2. The molecule has 3 aliphatic heterocycles. The molecule has 42 heavy (non-hydrogen) atoms. The van der Waals surface area contributed by atoms with Gasteiger partial charge in [-0.2, -0.15) is 0 Å². The molecule has 2 N–H and O–H groups in total. The van der Waals surface area contributed by atoms with Crippen molar-refractivity contribution in [3.05, 3.63) is 0 Å². The molecule has 0 saturated carbocycles. The number of ketones is 1. The van der Waals surface area contributed by atoms with E-state index in [2.05, 4.69) is 31.0 Å². The highest BCUT2D eigenvalue weighted by molar-refractivity contribution is 6.04. The molecule has 0 amide bonds. The first kappa shape index (κ1) is 35.3. The Hall–Kier alpha value is -1.14. The topological polar surface area (TPSA) is 110 Å². The highest BCUT2D eigenvalue weighted by atomic mass is 16.7. The Morgan fingerprint density at radius 3 is 2.36 bits per heavy atom. The second-order valence-corrected chi connectivity index (χ2v) is 14.7. The number of rotatable bonds is 7. The van der Waals surface area contributed by atoms with Gasteiger partial charge >= 0.3 is 5.97 Å². The summed E-state index contributed by atoms with van der Waals surface area (Å²) in [5.41, 5.74) is -2.30. The molecule has 0 aromatic rings. The molecular weight excluding hydrogens is 538 g/mol. The maximum atomic E-state index is 14.1. The van der Waals surface area contributed by atoms with Gasteiger partial charge in [0.05, 0.1) is 17.8 Å². The van der Waals surface area contributed by atoms with Gasteiger partial charge in [0, 0.05) is 50.7 Å². The molecule has 3 heterocycles. The van der Waals surface area contributed by atoms with E-state index in [0.717, 1.165) is 19.6 Å². The summed E-state index contributed by atoms with van der Waals surface area (Å²) in [5, 5.41) is 14.9. The lowest BCUT2D eigenvalue weighted by molar-refractivity contribution is -0.295. The van der Waals surface area contributed by atoms with Crippen LogP contribution in [0.2, 0.25) is 0 Å². The zero-order chi connectivity index (χ0) is 31.6. The fourth-order valence-electron chi connectivity index (χ4n) is 7.07. The van der Waals surface area contributed by atoms with Crippen molar-refractivity contribution in [1.82, 2.24) is 15.1 Å². The minimum absolute atomic E-state index is 0.0000193. The predicted octanol–water partition coefficient (Wildman–Crippen LogP) is 2.56. The van der Waals surface area contributed by atoms with Gasteiger partial charge in [-0.05, 0) is 73.0 Å². The monoisotopic (exact) mass is 597 g/mol. The van der Waals surface area contributed by atoms with Crippen molar-refractivity contribution in [2.75, 3.05) is 54.0 Å². The van der Waals surface area contributed by atoms with Crippen LogP contribution in [0.1, 0.15) is 68.2 Å². The van der Waals surface area contributed by atoms with Crippen LogP contribution in [-0.2, 0) is 28.5 Å². The molecule has 0 aromatic heterocycles. The highest BCUT2D eigenvalue weighted by Gasteiger charge is 2.51. The first-order valence-corrected chi connectivity index (χ1v) is 15.9. The Labute approximate surface area is 254 Å². The number of hydrogen-bond acceptors (Lipinski definition) is 10. The van der Waals surface area contributed by atoms with Gasteiger partial charge in [0.15, 0.2) is 12.1 Å². The third-order valence-corrected chi connectivity index (χ3v) is 9.67. The maximum Gasteiger partial charge on any atom is 0.319 e. The minimum Gasteiger partial charge on any atom is -0.463 e. The Bertz CT molecular complexity index is 909. The van der Waals surface area contributed by atoms with Crippen LogP contribution >= 0.6 is 0 Å². The number of ether oxygens (including phenoxy) is 4. The molecule has 0 bridgehead atoms. The van der Waals surface area contributed by atoms with Crippen LogP contribution < -0.4 is 5.32 Å². The molecule has 9 atom stereocenters. The van der Waals surface area contributed by atoms with Crippen LogP contribution in [0.25, 0.3) is 0 Å². The number of aliphatic hydroxyl groups is 1. The number of carbonyl (C=O) groups excluding carboxylic acids is 2. The quantitative estimate of drug-likeness (QED) is 0.336. The van der Waals surface area contributed by atoms with Gasteiger partial charge in [-0.3, -0.25) is 9.59 Å². The average Bonchev–Trinajstić information content (AvgIpc) is 2.89. The number of Topliss-reactive ketones (excluding diaryl/α,β-unsaturated/α-hetero) is 1. The van der Waals surface area contributed by atoms with Gasteiger partial charge in [0.25, 0.3) is 0 Å². The average molecular weight is 598 g/mol. The molecule has 0 radical (unpaired) electrons. The van der Waals surface area contributed by atoms with E-state index in [0.29, 0.717) is 31.2 Å². The van der Waals surface area contributed by atoms with E-state index >= 15 is 0 Å². The van der Waals surface area contributed by atoms with Gasteiger partial charge in [0.1, 0.15) is 18.1 Å². The molecular formula is C32H59N3O7. The summed E-state index contributed by atoms with van der Waals surface area (Å²) >= 11 is 0. The molecule has 0 spiro atoms. The molecule has 3 fully saturated rings. The van der Waals surface area contributed by atoms with Crippen LogP contribution in [0, 0.1) is 29.1 Å². The lowest BCUT2D eigenvalue weighted by Gasteiger charge is -2.47. The second kappa shape index (κ2) is 14.3. The summed E-state index contributed by atoms with van der Waals surface area (Å²) in [5.74, 6) is -0.432. The van der Waals surface area contributed by atoms with Crippen LogP contribution in [0.3, 0.4) is 0 Å². The normalized spacial score (nSPS) is 39.8. The van der Waals surface area contributed by atoms with E-state index < -0.39 is 41.4 Å². The zero-order valence-electron chi connectivity index (χ0n) is 28.0. The minimum atomic E-state index is -1.39. The van der Waals surface area contributed by atoms with Crippen LogP contribution in [0.15, 0.2) is 0 Å². The Kier molecular flexibility index (Phi) is 12.0. The molecule has 3 aliphatic rings. The molecule has 244 valence electrons. The standard InChI is InChI=1S/C32H59N3O7/c1-19(2)15-35-16-23(17-35)24-18-40-30(38)31(6,7)27(37)22(5)28(32(8,39-11)13-20(3)14-33-24)42-29-26(36)25(34(9)10)12-21(4)41-29/h19-26,28-29,33,36H,12-18H2,1-11H3/t20-,21-,22+,24-,25+,26-,28-,29+,32-/m1/s1. The number of carbonyl (C=O) groups is 2. The molecule has 3 saturated heterocycles. The van der Waals surface area contributed by atoms with Crippen LogP contribution in [0.4, 0.5) is 0 Å². The van der Waals surface area contributed by atoms with E-state index in [1.54, 1.807) is 27.9 Å². The predicted molar refractivity (Wildman–Crippen MR) is 162 cm³/mol. The summed E-state index contributed by atoms with van der Waals surface area (Å²) in [6.07, 6.45) is -1.54. The number of methoxy groups -OCH3 is 1. The number of nitrogens with one attached hydrogen (secondary N) is 1. The van der Waals surface area contributed by atoms with E-state index in [1.165, 1.54) is 0 Å². The smallest absolute Gasteiger partial charge is 0.319 e. The summed E-state index contributed by atoms with van der Waals surface area (Å²) in [6.45, 7) is 19.5. The fraction of sp³-hybridized carbons (Fsp3) is 0.938. The van der Waals surface area contributed by atoms with Crippen LogP contribution in [-0.4, -0.2) is 123 Å². The molecule has 0 unspecified atom stereocenters. The number of esters is 1. The van der Waals surface area contributed by atoms with E-state index in [4.69, 9.17) is 18.9 Å². The van der Waals surface area contributed by atoms with Crippen LogP contribution in [0.5, 0.6) is 0 Å². The van der Waals surface area contributed by atoms with Crippen molar-refractivity contribution in [1.29, 1.82) is 0 Å². The van der Waals surface area contributed by atoms with Crippen molar-refractivity contribution < 1.29 is 33.6 Å². The fourth-order valence-corrected chi connectivity index (χ4v) is 7.07. The SMILES string of the molecule is CO[C@]1(C)C[C@@H](C)CN[C@@H](C2CN(CC(C)C)C2)COC(=O)C(C)(C)C(=O)[C@H](C)[C@H]1O[C@@H]1O[C@H](C)C[C@H](N(C)C)[C@H]1O. The first-order chi connectivity index (χ1) is 19.5. The van der Waals surface area contributed by atoms with Crippen molar-refractivity contribution >= 4 is 11.8 Å². The van der Waals surface area contributed by atoms with Gasteiger partial charge in [-0.25, -0.2) is 0 Å². The lowest BCUT2D eigenvalue weighted by Crippen LogP contribution is -2.59. The van der Waals surface area contributed by atoms with Crippen molar-refractivity contribution in [2.45, 2.75) is 111 Å². The Morgan fingerprint density at radius 1 is 1.14 bits per heavy atom. The largest absolute Gasteiger partial charge is 0.463 e. The van der Waals surface area contributed by atoms with E-state index in [1.807, 2.05) is 32.8 Å². The van der Waals surface area contributed by atoms with Gasteiger partial charge < -0.3 is 39.2 Å². The number of likely N-dealkylation sites (N-methyl/N-ethyl adjacent to an activating group) is 1. The molecule has 0 aliphatic carbocycles. The summed E-state index contributed by atoms with van der Waals surface area (Å²) in [6, 6.07) is -0.164. The zero-order valence-corrected chi connectivity index (χ0v) is 28.0. The molecule has 3 rings (SSSR count). The summed E-state index contributed by atoms with van der Waals surface area (Å²) in [4.78, 5) is 32.0. The third kappa shape index (κ3) is 8.11. The Balaban J connectivity index is 1.90. The molecule has 10 nitrogen and oxygen atoms in total. The maximum absolute atomic E-state index is 14.1. The first-order valence-electron chi connectivity index (χ1n) is 15.9. The van der Waals surface area contributed by atoms with Gasteiger partial charge in [-0.1, -0.05) is 27.7 Å². The highest BCUT2D eigenvalue weighted by Crippen LogP contribution is 2.38. The second-order valence-electron chi connectivity index (χ2n) is 14.7. The van der Waals surface area contributed by atoms with Crippen molar-refractivity contribution in [3.8, 4) is 0 Å². The summed E-state index contributed by atoms with van der Waals surface area (Å²) in [7, 11) is 5.48. The van der Waals surface area contributed by atoms with Gasteiger partial charge in [-0.15, -0.1) is 0 Å². The van der Waals surface area contributed by atoms with Gasteiger partial charge in [0.2, 0.25) is 0 Å². The van der Waals surface area contributed by atoms with Crippen molar-refractivity contribution in [2.24, 2.45) is 29.1 Å². The molecule has 10 heteroatoms. The number of likely N-dealkylation sites (tertiary alicyclic amines) is 1. The number of cyclic esters (lactones) is 1. The Morgan fingerprint density at radius 2 is 1.79 bits per heavy atom. The number of aliphatic hydroxyl groups excluding tert-OH is 1. The van der Waals surface area contributed by atoms with E-state index in [9.17, 15) is 14.7 Å².